The summed E-state index contributed by atoms with van der Waals surface area (Å²) in [6.07, 6.45) is 1.64. The number of benzene rings is 1. The number of carboxylic acid groups (broad SMARTS) is 1. The number of aromatic carboxylic acids is 1. The maximum Gasteiger partial charge on any atom is 0.335 e. The Bertz CT molecular complexity index is 613. The molecule has 0 aliphatic rings. The van der Waals surface area contributed by atoms with E-state index in [-0.39, 0.29) is 12.2 Å². The van der Waals surface area contributed by atoms with Crippen molar-refractivity contribution in [3.8, 4) is 5.75 Å². The molecule has 5 heteroatoms. The lowest BCUT2D eigenvalue weighted by Gasteiger charge is -2.09. The molecule has 2 aromatic rings. The van der Waals surface area contributed by atoms with Gasteiger partial charge >= 0.3 is 5.97 Å². The molecule has 19 heavy (non-hydrogen) atoms. The smallest absolute Gasteiger partial charge is 0.335 e. The number of halogens is 1. The third-order valence-electron chi connectivity index (χ3n) is 2.64. The first-order valence-electron chi connectivity index (χ1n) is 5.64. The highest BCUT2D eigenvalue weighted by molar-refractivity contribution is 5.87. The predicted octanol–water partition coefficient (Wildman–Crippen LogP) is 2.81. The first kappa shape index (κ1) is 13.0. The Morgan fingerprint density at radius 3 is 2.84 bits per heavy atom. The third-order valence-corrected chi connectivity index (χ3v) is 2.64. The van der Waals surface area contributed by atoms with Crippen molar-refractivity contribution >= 4 is 5.97 Å². The molecule has 1 heterocycles. The zero-order valence-corrected chi connectivity index (χ0v) is 10.3. The van der Waals surface area contributed by atoms with Crippen LogP contribution in [0.1, 0.15) is 21.6 Å². The average Bonchev–Trinajstić information content (AvgIpc) is 2.39. The van der Waals surface area contributed by atoms with Crippen molar-refractivity contribution in [3.05, 3.63) is 59.2 Å². The van der Waals surface area contributed by atoms with E-state index >= 15 is 0 Å². The third kappa shape index (κ3) is 3.07. The summed E-state index contributed by atoms with van der Waals surface area (Å²) < 4.78 is 19.1. The maximum atomic E-state index is 13.7. The van der Waals surface area contributed by atoms with Crippen molar-refractivity contribution < 1.29 is 19.0 Å². The van der Waals surface area contributed by atoms with Gasteiger partial charge in [0.15, 0.2) is 0 Å². The summed E-state index contributed by atoms with van der Waals surface area (Å²) in [5.74, 6) is -1.18. The van der Waals surface area contributed by atoms with Crippen LogP contribution in [0.2, 0.25) is 0 Å². The molecule has 0 amide bonds. The van der Waals surface area contributed by atoms with Gasteiger partial charge in [-0.25, -0.2) is 9.18 Å². The summed E-state index contributed by atoms with van der Waals surface area (Å²) in [7, 11) is 0. The van der Waals surface area contributed by atoms with E-state index in [4.69, 9.17) is 9.84 Å². The second kappa shape index (κ2) is 5.48. The van der Waals surface area contributed by atoms with Crippen LogP contribution in [-0.4, -0.2) is 16.1 Å². The maximum absolute atomic E-state index is 13.7. The van der Waals surface area contributed by atoms with Gasteiger partial charge in [0.05, 0.1) is 11.3 Å². The quantitative estimate of drug-likeness (QED) is 0.919. The molecule has 98 valence electrons. The molecule has 0 bridgehead atoms. The van der Waals surface area contributed by atoms with Gasteiger partial charge in [0, 0.05) is 11.8 Å². The van der Waals surface area contributed by atoms with E-state index in [2.05, 4.69) is 4.98 Å². The van der Waals surface area contributed by atoms with Crippen molar-refractivity contribution in [3.63, 3.8) is 0 Å². The molecule has 4 nitrogen and oxygen atoms in total. The van der Waals surface area contributed by atoms with Gasteiger partial charge in [0.2, 0.25) is 0 Å². The fourth-order valence-electron chi connectivity index (χ4n) is 1.57. The van der Waals surface area contributed by atoms with Gasteiger partial charge in [0.25, 0.3) is 0 Å². The molecule has 0 saturated carbocycles. The second-order valence-electron chi connectivity index (χ2n) is 3.99. The molecule has 1 N–H and O–H groups in total. The number of carbonyl (C=O) groups is 1. The summed E-state index contributed by atoms with van der Waals surface area (Å²) in [6, 6.07) is 7.21. The monoisotopic (exact) mass is 261 g/mol. The van der Waals surface area contributed by atoms with E-state index in [0.29, 0.717) is 17.0 Å². The molecule has 1 aromatic heterocycles. The lowest BCUT2D eigenvalue weighted by atomic mass is 10.1. The van der Waals surface area contributed by atoms with Crippen molar-refractivity contribution in [1.82, 2.24) is 4.98 Å². The lowest BCUT2D eigenvalue weighted by molar-refractivity contribution is 0.0696. The molecule has 1 aromatic carbocycles. The van der Waals surface area contributed by atoms with E-state index in [1.807, 2.05) is 0 Å². The number of pyridine rings is 1. The summed E-state index contributed by atoms with van der Waals surface area (Å²) in [5, 5.41) is 8.74. The van der Waals surface area contributed by atoms with E-state index in [0.717, 1.165) is 6.07 Å². The topological polar surface area (TPSA) is 59.4 Å². The summed E-state index contributed by atoms with van der Waals surface area (Å²) in [6.45, 7) is 1.82. The van der Waals surface area contributed by atoms with Gasteiger partial charge in [0.1, 0.15) is 18.2 Å². The molecule has 0 aliphatic carbocycles. The number of hydrogen-bond donors (Lipinski definition) is 1. The molecular formula is C14H12FNO3. The molecule has 0 atom stereocenters. The Morgan fingerprint density at radius 2 is 2.21 bits per heavy atom. The van der Waals surface area contributed by atoms with Gasteiger partial charge < -0.3 is 9.84 Å². The van der Waals surface area contributed by atoms with E-state index in [9.17, 15) is 9.18 Å². The Labute approximate surface area is 109 Å². The molecule has 0 fully saturated rings. The number of aryl methyl sites for hydroxylation is 1. The number of hydrogen-bond acceptors (Lipinski definition) is 3. The number of aromatic nitrogens is 1. The Hall–Kier alpha value is -2.43. The van der Waals surface area contributed by atoms with E-state index in [1.54, 1.807) is 25.3 Å². The average molecular weight is 261 g/mol. The first-order valence-corrected chi connectivity index (χ1v) is 5.64. The molecular weight excluding hydrogens is 249 g/mol. The minimum absolute atomic E-state index is 0.0261. The van der Waals surface area contributed by atoms with E-state index in [1.165, 1.54) is 12.1 Å². The SMILES string of the molecule is Cc1ncccc1OCc1ccc(C(=O)O)cc1F. The van der Waals surface area contributed by atoms with Gasteiger partial charge in [-0.1, -0.05) is 6.07 Å². The molecule has 0 unspecified atom stereocenters. The lowest BCUT2D eigenvalue weighted by Crippen LogP contribution is -2.03. The number of nitrogens with zero attached hydrogens (tertiary/aromatic N) is 1. The molecule has 0 aliphatic heterocycles. The summed E-state index contributed by atoms with van der Waals surface area (Å²) in [5.41, 5.74) is 0.928. The molecule has 2 rings (SSSR count). The Morgan fingerprint density at radius 1 is 1.42 bits per heavy atom. The fraction of sp³-hybridized carbons (Fsp3) is 0.143. The highest BCUT2D eigenvalue weighted by Gasteiger charge is 2.09. The zero-order valence-electron chi connectivity index (χ0n) is 10.3. The minimum atomic E-state index is -1.16. The van der Waals surface area contributed by atoms with Crippen molar-refractivity contribution in [2.24, 2.45) is 0 Å². The number of carboxylic acids is 1. The minimum Gasteiger partial charge on any atom is -0.487 e. The van der Waals surface area contributed by atoms with E-state index < -0.39 is 11.8 Å². The largest absolute Gasteiger partial charge is 0.487 e. The van der Waals surface area contributed by atoms with Gasteiger partial charge in [-0.15, -0.1) is 0 Å². The summed E-state index contributed by atoms with van der Waals surface area (Å²) >= 11 is 0. The Kier molecular flexibility index (Phi) is 3.75. The van der Waals surface area contributed by atoms with Crippen LogP contribution in [0, 0.1) is 12.7 Å². The Balaban J connectivity index is 2.12. The van der Waals surface area contributed by atoms with Crippen LogP contribution in [0.4, 0.5) is 4.39 Å². The molecule has 0 spiro atoms. The molecule has 0 radical (unpaired) electrons. The van der Waals surface area contributed by atoms with Crippen molar-refractivity contribution in [1.29, 1.82) is 0 Å². The standard InChI is InChI=1S/C14H12FNO3/c1-9-13(3-2-6-16-9)19-8-11-5-4-10(14(17)18)7-12(11)15/h2-7H,8H2,1H3,(H,17,18). The van der Waals surface area contributed by atoms with Crippen molar-refractivity contribution in [2.75, 3.05) is 0 Å². The second-order valence-corrected chi connectivity index (χ2v) is 3.99. The van der Waals surface area contributed by atoms with Crippen LogP contribution >= 0.6 is 0 Å². The zero-order chi connectivity index (χ0) is 13.8. The fourth-order valence-corrected chi connectivity index (χ4v) is 1.57. The number of rotatable bonds is 4. The highest BCUT2D eigenvalue weighted by atomic mass is 19.1. The highest BCUT2D eigenvalue weighted by Crippen LogP contribution is 2.17. The van der Waals surface area contributed by atoms with Crippen molar-refractivity contribution in [2.45, 2.75) is 13.5 Å². The normalized spacial score (nSPS) is 10.2. The molecule has 0 saturated heterocycles. The summed E-state index contributed by atoms with van der Waals surface area (Å²) in [4.78, 5) is 14.7. The van der Waals surface area contributed by atoms with Crippen LogP contribution in [0.5, 0.6) is 5.75 Å². The van der Waals surface area contributed by atoms with Crippen LogP contribution in [0.25, 0.3) is 0 Å². The first-order chi connectivity index (χ1) is 9.08. The van der Waals surface area contributed by atoms with Crippen LogP contribution in [0.15, 0.2) is 36.5 Å². The predicted molar refractivity (Wildman–Crippen MR) is 66.7 cm³/mol. The van der Waals surface area contributed by atoms with Gasteiger partial charge in [-0.3, -0.25) is 4.98 Å². The van der Waals surface area contributed by atoms with Crippen LogP contribution < -0.4 is 4.74 Å². The van der Waals surface area contributed by atoms with Gasteiger partial charge in [-0.05, 0) is 31.2 Å². The van der Waals surface area contributed by atoms with Gasteiger partial charge in [-0.2, -0.15) is 0 Å². The van der Waals surface area contributed by atoms with Crippen LogP contribution in [0.3, 0.4) is 0 Å². The number of ether oxygens (including phenoxy) is 1. The van der Waals surface area contributed by atoms with Crippen LogP contribution in [-0.2, 0) is 6.61 Å².